The van der Waals surface area contributed by atoms with Gasteiger partial charge in [-0.2, -0.15) is 5.10 Å². The van der Waals surface area contributed by atoms with Crippen molar-refractivity contribution in [3.63, 3.8) is 0 Å². The zero-order valence-corrected chi connectivity index (χ0v) is 12.8. The molecule has 3 N–H and O–H groups in total. The molecule has 1 fully saturated rings. The first kappa shape index (κ1) is 15.3. The number of nitrogens with two attached hydrogens (primary N) is 1. The largest absolute Gasteiger partial charge is 0.469 e. The molecule has 3 rings (SSSR count). The van der Waals surface area contributed by atoms with Gasteiger partial charge in [0.2, 0.25) is 5.91 Å². The van der Waals surface area contributed by atoms with E-state index < -0.39 is 5.91 Å². The second kappa shape index (κ2) is 6.68. The molecule has 2 aromatic heterocycles. The third-order valence-corrected chi connectivity index (χ3v) is 4.23. The Bertz CT molecular complexity index is 677. The van der Waals surface area contributed by atoms with Crippen LogP contribution in [0.25, 0.3) is 0 Å². The van der Waals surface area contributed by atoms with Crippen molar-refractivity contribution in [1.29, 1.82) is 0 Å². The van der Waals surface area contributed by atoms with E-state index in [-0.39, 0.29) is 17.5 Å². The normalized spacial score (nSPS) is 18.1. The minimum atomic E-state index is -0.547. The minimum Gasteiger partial charge on any atom is -0.469 e. The molecule has 1 aliphatic rings. The van der Waals surface area contributed by atoms with Gasteiger partial charge in [-0.3, -0.25) is 14.7 Å². The molecule has 0 aromatic carbocycles. The summed E-state index contributed by atoms with van der Waals surface area (Å²) in [6.07, 6.45) is 4.56. The molecule has 3 heterocycles. The van der Waals surface area contributed by atoms with Gasteiger partial charge < -0.3 is 15.1 Å². The maximum atomic E-state index is 12.4. The van der Waals surface area contributed by atoms with Crippen molar-refractivity contribution in [3.05, 3.63) is 41.6 Å². The molecule has 0 radical (unpaired) electrons. The number of hydrogen-bond donors (Lipinski definition) is 2. The van der Waals surface area contributed by atoms with E-state index in [4.69, 9.17) is 10.2 Å². The highest BCUT2D eigenvalue weighted by Gasteiger charge is 2.26. The van der Waals surface area contributed by atoms with Crippen LogP contribution in [0, 0.1) is 0 Å². The summed E-state index contributed by atoms with van der Waals surface area (Å²) in [5.74, 6) is 0.568. The van der Waals surface area contributed by atoms with Gasteiger partial charge in [-0.1, -0.05) is 0 Å². The van der Waals surface area contributed by atoms with E-state index in [1.54, 1.807) is 12.3 Å². The van der Waals surface area contributed by atoms with Crippen LogP contribution in [0.15, 0.2) is 28.9 Å². The Labute approximate surface area is 133 Å². The molecule has 1 atom stereocenters. The molecule has 7 nitrogen and oxygen atoms in total. The summed E-state index contributed by atoms with van der Waals surface area (Å²) in [5, 5.41) is 6.78. The fraction of sp³-hybridized carbons (Fsp3) is 0.438. The van der Waals surface area contributed by atoms with Gasteiger partial charge in [0.1, 0.15) is 11.5 Å². The standard InChI is InChI=1S/C16H20N4O3/c17-16(22)14-9-13(18-19-14)11-3-1-7-20(10-11)15(21)6-5-12-4-2-8-23-12/h2,4,8-9,11H,1,3,5-7,10H2,(H2,17,22)(H,18,19)/t11-/m1/s1. The molecule has 23 heavy (non-hydrogen) atoms. The molecule has 0 spiro atoms. The van der Waals surface area contributed by atoms with Gasteiger partial charge in [0.15, 0.2) is 0 Å². The predicted molar refractivity (Wildman–Crippen MR) is 82.7 cm³/mol. The first-order valence-corrected chi connectivity index (χ1v) is 7.78. The summed E-state index contributed by atoms with van der Waals surface area (Å²) in [6, 6.07) is 5.39. The van der Waals surface area contributed by atoms with Crippen LogP contribution in [0.5, 0.6) is 0 Å². The Kier molecular flexibility index (Phi) is 4.45. The van der Waals surface area contributed by atoms with E-state index in [1.165, 1.54) is 0 Å². The number of piperidine rings is 1. The number of rotatable bonds is 5. The van der Waals surface area contributed by atoms with Gasteiger partial charge >= 0.3 is 0 Å². The summed E-state index contributed by atoms with van der Waals surface area (Å²) >= 11 is 0. The van der Waals surface area contributed by atoms with Crippen LogP contribution >= 0.6 is 0 Å². The lowest BCUT2D eigenvalue weighted by molar-refractivity contribution is -0.132. The van der Waals surface area contributed by atoms with Gasteiger partial charge in [-0.25, -0.2) is 0 Å². The minimum absolute atomic E-state index is 0.126. The quantitative estimate of drug-likeness (QED) is 0.870. The van der Waals surface area contributed by atoms with Crippen molar-refractivity contribution >= 4 is 11.8 Å². The number of hydrogen-bond acceptors (Lipinski definition) is 4. The van der Waals surface area contributed by atoms with Crippen molar-refractivity contribution in [2.75, 3.05) is 13.1 Å². The molecular formula is C16H20N4O3. The Balaban J connectivity index is 1.58. The van der Waals surface area contributed by atoms with Crippen LogP contribution in [0.2, 0.25) is 0 Å². The van der Waals surface area contributed by atoms with E-state index in [2.05, 4.69) is 10.2 Å². The zero-order valence-electron chi connectivity index (χ0n) is 12.8. The number of carbonyl (C=O) groups excluding carboxylic acids is 2. The maximum absolute atomic E-state index is 12.4. The highest BCUT2D eigenvalue weighted by molar-refractivity contribution is 5.90. The monoisotopic (exact) mass is 316 g/mol. The second-order valence-electron chi connectivity index (χ2n) is 5.83. The summed E-state index contributed by atoms with van der Waals surface area (Å²) in [6.45, 7) is 1.40. The van der Waals surface area contributed by atoms with Crippen LogP contribution in [0.4, 0.5) is 0 Å². The van der Waals surface area contributed by atoms with E-state index in [0.29, 0.717) is 19.4 Å². The zero-order chi connectivity index (χ0) is 16.2. The smallest absolute Gasteiger partial charge is 0.269 e. The average Bonchev–Trinajstić information content (AvgIpc) is 3.24. The van der Waals surface area contributed by atoms with Crippen molar-refractivity contribution in [1.82, 2.24) is 15.1 Å². The lowest BCUT2D eigenvalue weighted by Crippen LogP contribution is -2.39. The van der Waals surface area contributed by atoms with Crippen molar-refractivity contribution in [3.8, 4) is 0 Å². The highest BCUT2D eigenvalue weighted by Crippen LogP contribution is 2.26. The second-order valence-corrected chi connectivity index (χ2v) is 5.83. The maximum Gasteiger partial charge on any atom is 0.269 e. The topological polar surface area (TPSA) is 105 Å². The molecule has 0 aliphatic carbocycles. The van der Waals surface area contributed by atoms with E-state index in [1.807, 2.05) is 17.0 Å². The van der Waals surface area contributed by atoms with Gasteiger partial charge in [-0.05, 0) is 31.0 Å². The van der Waals surface area contributed by atoms with Crippen LogP contribution in [0.1, 0.15) is 47.1 Å². The highest BCUT2D eigenvalue weighted by atomic mass is 16.3. The molecule has 122 valence electrons. The van der Waals surface area contributed by atoms with Gasteiger partial charge in [0.25, 0.3) is 5.91 Å². The molecule has 7 heteroatoms. The Morgan fingerprint density at radius 2 is 2.35 bits per heavy atom. The third-order valence-electron chi connectivity index (χ3n) is 4.23. The summed E-state index contributed by atoms with van der Waals surface area (Å²) in [4.78, 5) is 25.4. The Hall–Kier alpha value is -2.57. The SMILES string of the molecule is NC(=O)c1cc([C@@H]2CCCN(C(=O)CCc3ccco3)C2)[nH]n1. The molecule has 0 unspecified atom stereocenters. The number of likely N-dealkylation sites (tertiary alicyclic amines) is 1. The summed E-state index contributed by atoms with van der Waals surface area (Å²) < 4.78 is 5.26. The molecule has 1 aliphatic heterocycles. The van der Waals surface area contributed by atoms with E-state index >= 15 is 0 Å². The Morgan fingerprint density at radius 3 is 3.04 bits per heavy atom. The number of primary amides is 1. The number of aryl methyl sites for hydroxylation is 1. The van der Waals surface area contributed by atoms with Gasteiger partial charge in [0.05, 0.1) is 6.26 Å². The lowest BCUT2D eigenvalue weighted by Gasteiger charge is -2.32. The van der Waals surface area contributed by atoms with Crippen molar-refractivity contribution in [2.24, 2.45) is 5.73 Å². The first-order valence-electron chi connectivity index (χ1n) is 7.78. The number of aromatic amines is 1. The molecule has 0 bridgehead atoms. The number of amides is 2. The number of nitrogens with one attached hydrogen (secondary N) is 1. The summed E-state index contributed by atoms with van der Waals surface area (Å²) in [5.41, 5.74) is 6.32. The van der Waals surface area contributed by atoms with Crippen LogP contribution in [-0.2, 0) is 11.2 Å². The van der Waals surface area contributed by atoms with Gasteiger partial charge in [0, 0.05) is 37.5 Å². The molecule has 2 amide bonds. The van der Waals surface area contributed by atoms with Gasteiger partial charge in [-0.15, -0.1) is 0 Å². The molecule has 0 saturated carbocycles. The van der Waals surface area contributed by atoms with E-state index in [0.717, 1.165) is 30.8 Å². The average molecular weight is 316 g/mol. The van der Waals surface area contributed by atoms with Crippen LogP contribution < -0.4 is 5.73 Å². The molecular weight excluding hydrogens is 296 g/mol. The first-order chi connectivity index (χ1) is 11.1. The fourth-order valence-electron chi connectivity index (χ4n) is 2.97. The Morgan fingerprint density at radius 1 is 1.48 bits per heavy atom. The molecule has 2 aromatic rings. The fourth-order valence-corrected chi connectivity index (χ4v) is 2.97. The number of carbonyl (C=O) groups is 2. The third kappa shape index (κ3) is 3.61. The molecule has 1 saturated heterocycles. The van der Waals surface area contributed by atoms with Crippen molar-refractivity contribution < 1.29 is 14.0 Å². The lowest BCUT2D eigenvalue weighted by atomic mass is 9.94. The van der Waals surface area contributed by atoms with Crippen molar-refractivity contribution in [2.45, 2.75) is 31.6 Å². The van der Waals surface area contributed by atoms with Crippen LogP contribution in [-0.4, -0.2) is 40.0 Å². The number of aromatic nitrogens is 2. The van der Waals surface area contributed by atoms with Crippen LogP contribution in [0.3, 0.4) is 0 Å². The van der Waals surface area contributed by atoms with E-state index in [9.17, 15) is 9.59 Å². The number of furan rings is 1. The predicted octanol–water partition coefficient (Wildman–Crippen LogP) is 1.44. The summed E-state index contributed by atoms with van der Waals surface area (Å²) in [7, 11) is 0. The number of nitrogens with zero attached hydrogens (tertiary/aromatic N) is 2. The number of H-pyrrole nitrogens is 1.